The van der Waals surface area contributed by atoms with Gasteiger partial charge in [0.1, 0.15) is 0 Å². The normalized spacial score (nSPS) is 11.8. The van der Waals surface area contributed by atoms with Crippen LogP contribution < -0.4 is 9.45 Å². The third-order valence-electron chi connectivity index (χ3n) is 4.48. The molecular formula is C20H17ClN2O6S2. The van der Waals surface area contributed by atoms with E-state index >= 15 is 0 Å². The van der Waals surface area contributed by atoms with E-state index in [-0.39, 0.29) is 37.3 Å². The SMILES string of the molecule is Cc1c(C(=O)c2cc(Cl)ccc2NS(=O)(=O)c2ccc(S(C)(=O)=O)cc2)ccc[n+]1[O-]. The molecule has 0 radical (unpaired) electrons. The highest BCUT2D eigenvalue weighted by Gasteiger charge is 2.23. The van der Waals surface area contributed by atoms with E-state index in [1.807, 2.05) is 0 Å². The van der Waals surface area contributed by atoms with Gasteiger partial charge in [-0.15, -0.1) is 0 Å². The molecule has 11 heteroatoms. The molecule has 1 heterocycles. The molecule has 0 unspecified atom stereocenters. The summed E-state index contributed by atoms with van der Waals surface area (Å²) in [5.74, 6) is -0.588. The second-order valence-corrected chi connectivity index (χ2v) is 10.8. The predicted molar refractivity (Wildman–Crippen MR) is 115 cm³/mol. The van der Waals surface area contributed by atoms with Gasteiger partial charge in [-0.05, 0) is 48.5 Å². The number of aromatic nitrogens is 1. The van der Waals surface area contributed by atoms with E-state index in [2.05, 4.69) is 4.72 Å². The summed E-state index contributed by atoms with van der Waals surface area (Å²) >= 11 is 6.01. The maximum atomic E-state index is 13.1. The van der Waals surface area contributed by atoms with Crippen LogP contribution in [-0.2, 0) is 19.9 Å². The minimum absolute atomic E-state index is 0.0284. The van der Waals surface area contributed by atoms with Crippen LogP contribution in [0.1, 0.15) is 21.6 Å². The molecule has 0 fully saturated rings. The van der Waals surface area contributed by atoms with Gasteiger partial charge in [0.2, 0.25) is 11.5 Å². The average molecular weight is 481 g/mol. The number of nitrogens with zero attached hydrogens (tertiary/aromatic N) is 1. The molecule has 0 saturated heterocycles. The lowest BCUT2D eigenvalue weighted by Crippen LogP contribution is -2.31. The third-order valence-corrected chi connectivity index (χ3v) is 7.23. The Balaban J connectivity index is 2.02. The minimum atomic E-state index is -4.15. The van der Waals surface area contributed by atoms with Crippen molar-refractivity contribution in [1.29, 1.82) is 0 Å². The third kappa shape index (κ3) is 4.87. The lowest BCUT2D eigenvalue weighted by Gasteiger charge is -2.13. The summed E-state index contributed by atoms with van der Waals surface area (Å²) in [5.41, 5.74) is 0.163. The van der Waals surface area contributed by atoms with Crippen LogP contribution in [-0.4, -0.2) is 28.9 Å². The lowest BCUT2D eigenvalue weighted by atomic mass is 10.0. The highest BCUT2D eigenvalue weighted by Crippen LogP contribution is 2.27. The number of pyridine rings is 1. The molecule has 3 aromatic rings. The summed E-state index contributed by atoms with van der Waals surface area (Å²) in [4.78, 5) is 12.8. The van der Waals surface area contributed by atoms with E-state index in [9.17, 15) is 26.8 Å². The summed E-state index contributed by atoms with van der Waals surface area (Å²) < 4.78 is 51.7. The van der Waals surface area contributed by atoms with Gasteiger partial charge in [-0.1, -0.05) is 11.6 Å². The van der Waals surface area contributed by atoms with Crippen molar-refractivity contribution in [3.8, 4) is 0 Å². The number of ketones is 1. The predicted octanol–water partition coefficient (Wildman–Crippen LogP) is 2.72. The first kappa shape index (κ1) is 22.7. The van der Waals surface area contributed by atoms with E-state index in [4.69, 9.17) is 11.6 Å². The van der Waals surface area contributed by atoms with E-state index in [1.165, 1.54) is 55.6 Å². The molecule has 0 aliphatic heterocycles. The van der Waals surface area contributed by atoms with Crippen LogP contribution in [0.4, 0.5) is 5.69 Å². The van der Waals surface area contributed by atoms with E-state index in [1.54, 1.807) is 0 Å². The van der Waals surface area contributed by atoms with Crippen molar-refractivity contribution >= 4 is 42.9 Å². The van der Waals surface area contributed by atoms with Crippen LogP contribution in [0.25, 0.3) is 0 Å². The number of halogens is 1. The molecule has 3 rings (SSSR count). The largest absolute Gasteiger partial charge is 0.618 e. The van der Waals surface area contributed by atoms with Crippen LogP contribution >= 0.6 is 11.6 Å². The van der Waals surface area contributed by atoms with Gasteiger partial charge in [0.05, 0.1) is 21.0 Å². The molecule has 1 aromatic heterocycles. The maximum Gasteiger partial charge on any atom is 0.261 e. The molecule has 0 bridgehead atoms. The smallest absolute Gasteiger partial charge is 0.261 e. The van der Waals surface area contributed by atoms with E-state index < -0.39 is 25.6 Å². The molecule has 0 amide bonds. The van der Waals surface area contributed by atoms with Crippen LogP contribution in [0.5, 0.6) is 0 Å². The molecule has 0 spiro atoms. The van der Waals surface area contributed by atoms with Crippen LogP contribution in [0.3, 0.4) is 0 Å². The highest BCUT2D eigenvalue weighted by atomic mass is 35.5. The summed E-state index contributed by atoms with van der Waals surface area (Å²) in [6.07, 6.45) is 2.26. The first-order valence-corrected chi connectivity index (χ1v) is 12.5. The number of nitrogens with one attached hydrogen (secondary N) is 1. The van der Waals surface area contributed by atoms with Crippen molar-refractivity contribution in [3.63, 3.8) is 0 Å². The Kier molecular flexibility index (Phi) is 6.08. The van der Waals surface area contributed by atoms with Gasteiger partial charge in [0.15, 0.2) is 16.0 Å². The fourth-order valence-electron chi connectivity index (χ4n) is 2.82. The first-order chi connectivity index (χ1) is 14.4. The van der Waals surface area contributed by atoms with Gasteiger partial charge in [0, 0.05) is 29.8 Å². The van der Waals surface area contributed by atoms with Gasteiger partial charge in [-0.3, -0.25) is 9.52 Å². The van der Waals surface area contributed by atoms with Crippen molar-refractivity contribution in [2.24, 2.45) is 0 Å². The Morgan fingerprint density at radius 2 is 1.58 bits per heavy atom. The number of hydrogen-bond donors (Lipinski definition) is 1. The fourth-order valence-corrected chi connectivity index (χ4v) is 4.70. The maximum absolute atomic E-state index is 13.1. The Labute approximate surface area is 184 Å². The monoisotopic (exact) mass is 480 g/mol. The summed E-state index contributed by atoms with van der Waals surface area (Å²) in [6, 6.07) is 11.6. The molecular weight excluding hydrogens is 464 g/mol. The summed E-state index contributed by atoms with van der Waals surface area (Å²) in [7, 11) is -7.64. The second kappa shape index (κ2) is 8.29. The second-order valence-electron chi connectivity index (χ2n) is 6.70. The standard InChI is InChI=1S/C20H17ClN2O6S2/c1-13-17(4-3-11-23(13)25)20(24)18-12-14(21)5-10-19(18)22-31(28,29)16-8-6-15(7-9-16)30(2,26)27/h3-12,22H,1-2H3. The van der Waals surface area contributed by atoms with E-state index in [0.29, 0.717) is 4.73 Å². The first-order valence-electron chi connectivity index (χ1n) is 8.76. The number of rotatable bonds is 6. The Morgan fingerprint density at radius 3 is 2.19 bits per heavy atom. The molecule has 8 nitrogen and oxygen atoms in total. The van der Waals surface area contributed by atoms with Gasteiger partial charge in [-0.2, -0.15) is 4.73 Å². The summed E-state index contributed by atoms with van der Waals surface area (Å²) in [5, 5.41) is 12.0. The number of hydrogen-bond acceptors (Lipinski definition) is 6. The van der Waals surface area contributed by atoms with Crippen LogP contribution in [0.2, 0.25) is 5.02 Å². The van der Waals surface area contributed by atoms with Crippen molar-refractivity contribution in [2.45, 2.75) is 16.7 Å². The van der Waals surface area contributed by atoms with Crippen molar-refractivity contribution < 1.29 is 26.4 Å². The topological polar surface area (TPSA) is 124 Å². The van der Waals surface area contributed by atoms with E-state index in [0.717, 1.165) is 18.4 Å². The minimum Gasteiger partial charge on any atom is -0.618 e. The number of sulfone groups is 1. The Morgan fingerprint density at radius 1 is 0.968 bits per heavy atom. The average Bonchev–Trinajstić information content (AvgIpc) is 2.70. The van der Waals surface area contributed by atoms with Gasteiger partial charge in [0.25, 0.3) is 10.0 Å². The number of sulfonamides is 1. The number of carbonyl (C=O) groups is 1. The van der Waals surface area contributed by atoms with Crippen molar-refractivity contribution in [3.05, 3.63) is 87.8 Å². The van der Waals surface area contributed by atoms with Crippen LogP contribution in [0, 0.1) is 12.1 Å². The molecule has 0 aliphatic carbocycles. The lowest BCUT2D eigenvalue weighted by molar-refractivity contribution is -0.612. The molecule has 2 aromatic carbocycles. The van der Waals surface area contributed by atoms with Gasteiger partial charge >= 0.3 is 0 Å². The molecule has 162 valence electrons. The number of anilines is 1. The molecule has 1 N–H and O–H groups in total. The molecule has 0 saturated carbocycles. The van der Waals surface area contributed by atoms with Crippen molar-refractivity contribution in [1.82, 2.24) is 0 Å². The number of carbonyl (C=O) groups excluding carboxylic acids is 1. The zero-order valence-electron chi connectivity index (χ0n) is 16.4. The van der Waals surface area contributed by atoms with Gasteiger partial charge < -0.3 is 5.21 Å². The van der Waals surface area contributed by atoms with Crippen molar-refractivity contribution in [2.75, 3.05) is 11.0 Å². The Hall–Kier alpha value is -2.95. The van der Waals surface area contributed by atoms with Crippen LogP contribution in [0.15, 0.2) is 70.6 Å². The number of benzene rings is 2. The highest BCUT2D eigenvalue weighted by molar-refractivity contribution is 7.92. The zero-order chi connectivity index (χ0) is 23.0. The summed E-state index contributed by atoms with van der Waals surface area (Å²) in [6.45, 7) is 1.47. The quantitative estimate of drug-likeness (QED) is 0.328. The zero-order valence-corrected chi connectivity index (χ0v) is 18.8. The Bertz CT molecular complexity index is 1390. The van der Waals surface area contributed by atoms with Gasteiger partial charge in [-0.25, -0.2) is 16.8 Å². The molecule has 0 aliphatic rings. The molecule has 0 atom stereocenters. The molecule has 31 heavy (non-hydrogen) atoms. The fraction of sp³-hybridized carbons (Fsp3) is 0.100.